The molecule has 3 saturated heterocycles. The number of carbonyl (C=O) groups is 1. The van der Waals surface area contributed by atoms with Gasteiger partial charge < -0.3 is 15.0 Å². The average molecular weight is 343 g/mol. The predicted molar refractivity (Wildman–Crippen MR) is 97.4 cm³/mol. The van der Waals surface area contributed by atoms with Crippen LogP contribution in [0.2, 0.25) is 0 Å². The number of nitrogens with one attached hydrogen (secondary N) is 1. The Morgan fingerprint density at radius 1 is 1.20 bits per heavy atom. The molecule has 3 heterocycles. The van der Waals surface area contributed by atoms with Gasteiger partial charge in [-0.25, -0.2) is 4.79 Å². The Kier molecular flexibility index (Phi) is 4.95. The van der Waals surface area contributed by atoms with E-state index >= 15 is 0 Å². The van der Waals surface area contributed by atoms with Crippen LogP contribution in [0.25, 0.3) is 0 Å². The SMILES string of the molecule is O=C(N[C@@H]1CCO[C@]2(CCN(Cc3ccccc3)C2)C1)N1CCCC1. The first-order valence-corrected chi connectivity index (χ1v) is 9.68. The fourth-order valence-electron chi connectivity index (χ4n) is 4.53. The maximum absolute atomic E-state index is 12.4. The minimum absolute atomic E-state index is 0.0734. The van der Waals surface area contributed by atoms with E-state index in [1.807, 2.05) is 4.90 Å². The Morgan fingerprint density at radius 3 is 2.80 bits per heavy atom. The van der Waals surface area contributed by atoms with Crippen LogP contribution in [0, 0.1) is 0 Å². The molecule has 1 N–H and O–H groups in total. The molecule has 3 aliphatic heterocycles. The van der Waals surface area contributed by atoms with E-state index in [2.05, 4.69) is 40.5 Å². The van der Waals surface area contributed by atoms with Gasteiger partial charge in [-0.15, -0.1) is 0 Å². The van der Waals surface area contributed by atoms with Crippen LogP contribution in [0.1, 0.15) is 37.7 Å². The van der Waals surface area contributed by atoms with Crippen LogP contribution in [0.4, 0.5) is 4.79 Å². The van der Waals surface area contributed by atoms with Gasteiger partial charge >= 0.3 is 6.03 Å². The van der Waals surface area contributed by atoms with Crippen molar-refractivity contribution in [2.45, 2.75) is 50.3 Å². The van der Waals surface area contributed by atoms with E-state index in [9.17, 15) is 4.79 Å². The maximum Gasteiger partial charge on any atom is 0.317 e. The Hall–Kier alpha value is -1.59. The Labute approximate surface area is 150 Å². The van der Waals surface area contributed by atoms with Crippen molar-refractivity contribution >= 4 is 6.03 Å². The maximum atomic E-state index is 12.4. The molecule has 2 atom stereocenters. The van der Waals surface area contributed by atoms with Gasteiger partial charge in [0.15, 0.2) is 0 Å². The fraction of sp³-hybridized carbons (Fsp3) is 0.650. The smallest absolute Gasteiger partial charge is 0.317 e. The third kappa shape index (κ3) is 3.98. The first-order valence-electron chi connectivity index (χ1n) is 9.68. The third-order valence-corrected chi connectivity index (χ3v) is 5.86. The summed E-state index contributed by atoms with van der Waals surface area (Å²) in [5, 5.41) is 3.26. The summed E-state index contributed by atoms with van der Waals surface area (Å²) < 4.78 is 6.23. The van der Waals surface area contributed by atoms with Gasteiger partial charge in [-0.05, 0) is 37.7 Å². The van der Waals surface area contributed by atoms with E-state index in [0.717, 1.165) is 71.4 Å². The van der Waals surface area contributed by atoms with Crippen LogP contribution in [0.3, 0.4) is 0 Å². The summed E-state index contributed by atoms with van der Waals surface area (Å²) in [5.74, 6) is 0. The van der Waals surface area contributed by atoms with Gasteiger partial charge in [-0.2, -0.15) is 0 Å². The highest BCUT2D eigenvalue weighted by Gasteiger charge is 2.43. The molecule has 136 valence electrons. The molecule has 2 amide bonds. The summed E-state index contributed by atoms with van der Waals surface area (Å²) in [7, 11) is 0. The zero-order valence-electron chi connectivity index (χ0n) is 15.0. The van der Waals surface area contributed by atoms with Crippen LogP contribution in [0.5, 0.6) is 0 Å². The minimum atomic E-state index is -0.0734. The molecule has 0 aromatic heterocycles. The summed E-state index contributed by atoms with van der Waals surface area (Å²) in [6.45, 7) is 5.59. The second-order valence-electron chi connectivity index (χ2n) is 7.81. The van der Waals surface area contributed by atoms with Crippen molar-refractivity contribution in [3.05, 3.63) is 35.9 Å². The first-order chi connectivity index (χ1) is 12.2. The molecule has 0 bridgehead atoms. The van der Waals surface area contributed by atoms with E-state index in [0.29, 0.717) is 0 Å². The zero-order valence-corrected chi connectivity index (χ0v) is 15.0. The van der Waals surface area contributed by atoms with Gasteiger partial charge in [0.1, 0.15) is 0 Å². The average Bonchev–Trinajstić information content (AvgIpc) is 3.27. The van der Waals surface area contributed by atoms with Gasteiger partial charge in [0.05, 0.1) is 5.60 Å². The van der Waals surface area contributed by atoms with Crippen LogP contribution in [-0.2, 0) is 11.3 Å². The molecule has 1 aromatic carbocycles. The number of likely N-dealkylation sites (tertiary alicyclic amines) is 2. The van der Waals surface area contributed by atoms with Gasteiger partial charge in [0.2, 0.25) is 0 Å². The lowest BCUT2D eigenvalue weighted by molar-refractivity contribution is -0.0792. The number of urea groups is 1. The lowest BCUT2D eigenvalue weighted by Crippen LogP contribution is -2.52. The largest absolute Gasteiger partial charge is 0.373 e. The van der Waals surface area contributed by atoms with E-state index in [1.54, 1.807) is 0 Å². The summed E-state index contributed by atoms with van der Waals surface area (Å²) in [6, 6.07) is 11.0. The van der Waals surface area contributed by atoms with Crippen molar-refractivity contribution in [2.24, 2.45) is 0 Å². The summed E-state index contributed by atoms with van der Waals surface area (Å²) >= 11 is 0. The van der Waals surface area contributed by atoms with E-state index < -0.39 is 0 Å². The highest BCUT2D eigenvalue weighted by atomic mass is 16.5. The Morgan fingerprint density at radius 2 is 2.00 bits per heavy atom. The van der Waals surface area contributed by atoms with Crippen molar-refractivity contribution in [1.82, 2.24) is 15.1 Å². The second kappa shape index (κ2) is 7.34. The number of hydrogen-bond acceptors (Lipinski definition) is 3. The van der Waals surface area contributed by atoms with Crippen molar-refractivity contribution in [3.8, 4) is 0 Å². The number of benzene rings is 1. The van der Waals surface area contributed by atoms with Crippen LogP contribution in [-0.4, -0.2) is 60.3 Å². The molecule has 4 rings (SSSR count). The van der Waals surface area contributed by atoms with Crippen LogP contribution < -0.4 is 5.32 Å². The van der Waals surface area contributed by atoms with Crippen molar-refractivity contribution in [1.29, 1.82) is 0 Å². The molecule has 25 heavy (non-hydrogen) atoms. The minimum Gasteiger partial charge on any atom is -0.373 e. The lowest BCUT2D eigenvalue weighted by atomic mass is 9.89. The lowest BCUT2D eigenvalue weighted by Gasteiger charge is -2.39. The molecule has 0 unspecified atom stereocenters. The predicted octanol–water partition coefficient (Wildman–Crippen LogP) is 2.62. The van der Waals surface area contributed by atoms with E-state index in [1.165, 1.54) is 5.56 Å². The second-order valence-corrected chi connectivity index (χ2v) is 7.81. The van der Waals surface area contributed by atoms with Gasteiger partial charge in [-0.3, -0.25) is 4.90 Å². The van der Waals surface area contributed by atoms with Crippen molar-refractivity contribution in [3.63, 3.8) is 0 Å². The molecule has 5 nitrogen and oxygen atoms in total. The Bertz CT molecular complexity index is 588. The van der Waals surface area contributed by atoms with Crippen molar-refractivity contribution < 1.29 is 9.53 Å². The number of amides is 2. The molecule has 1 spiro atoms. The zero-order chi connectivity index (χ0) is 17.1. The number of carbonyl (C=O) groups excluding carboxylic acids is 1. The van der Waals surface area contributed by atoms with E-state index in [4.69, 9.17) is 4.74 Å². The quantitative estimate of drug-likeness (QED) is 0.918. The number of rotatable bonds is 3. The molecule has 0 radical (unpaired) electrons. The standard InChI is InChI=1S/C20H29N3O2/c24-19(23-10-4-5-11-23)21-18-8-13-25-20(14-18)9-12-22(16-20)15-17-6-2-1-3-7-17/h1-3,6-7,18H,4-5,8-16H2,(H,21,24)/t18-,20-/m1/s1. The molecule has 3 fully saturated rings. The van der Waals surface area contributed by atoms with E-state index in [-0.39, 0.29) is 17.7 Å². The van der Waals surface area contributed by atoms with Gasteiger partial charge in [-0.1, -0.05) is 30.3 Å². The summed E-state index contributed by atoms with van der Waals surface area (Å²) in [6.07, 6.45) is 5.22. The summed E-state index contributed by atoms with van der Waals surface area (Å²) in [5.41, 5.74) is 1.28. The molecular formula is C20H29N3O2. The third-order valence-electron chi connectivity index (χ3n) is 5.86. The molecule has 5 heteroatoms. The number of nitrogens with zero attached hydrogens (tertiary/aromatic N) is 2. The van der Waals surface area contributed by atoms with Crippen LogP contribution >= 0.6 is 0 Å². The molecule has 1 aromatic rings. The molecule has 0 saturated carbocycles. The normalized spacial score (nSPS) is 30.1. The number of ether oxygens (including phenoxy) is 1. The highest BCUT2D eigenvalue weighted by Crippen LogP contribution is 2.35. The molecular weight excluding hydrogens is 314 g/mol. The van der Waals surface area contributed by atoms with Gasteiger partial charge in [0.25, 0.3) is 0 Å². The van der Waals surface area contributed by atoms with Gasteiger partial charge in [0, 0.05) is 45.4 Å². The topological polar surface area (TPSA) is 44.8 Å². The van der Waals surface area contributed by atoms with Crippen LogP contribution in [0.15, 0.2) is 30.3 Å². The highest BCUT2D eigenvalue weighted by molar-refractivity contribution is 5.74. The fourth-order valence-corrected chi connectivity index (χ4v) is 4.53. The first kappa shape index (κ1) is 16.9. The number of hydrogen-bond donors (Lipinski definition) is 1. The monoisotopic (exact) mass is 343 g/mol. The Balaban J connectivity index is 1.32. The molecule has 3 aliphatic rings. The summed E-state index contributed by atoms with van der Waals surface area (Å²) in [4.78, 5) is 16.8. The van der Waals surface area contributed by atoms with Crippen molar-refractivity contribution in [2.75, 3.05) is 32.8 Å². The molecule has 0 aliphatic carbocycles.